The van der Waals surface area contributed by atoms with Crippen molar-refractivity contribution in [3.8, 4) is 0 Å². The number of aliphatic carboxylic acids is 1. The molecule has 39 heavy (non-hydrogen) atoms. The number of carboxylic acids is 1. The van der Waals surface area contributed by atoms with Crippen LogP contribution in [0.3, 0.4) is 0 Å². The molecule has 1 fully saturated rings. The molecule has 3 aromatic rings. The lowest BCUT2D eigenvalue weighted by Crippen LogP contribution is -2.71. The predicted molar refractivity (Wildman–Crippen MR) is 139 cm³/mol. The maximum atomic E-state index is 13.1. The number of nitrogens with one attached hydrogen (secondary N) is 1. The smallest absolute Gasteiger partial charge is 0.276 e. The van der Waals surface area contributed by atoms with Crippen molar-refractivity contribution in [2.45, 2.75) is 31.8 Å². The van der Waals surface area contributed by atoms with Crippen LogP contribution in [0.15, 0.2) is 52.5 Å². The summed E-state index contributed by atoms with van der Waals surface area (Å²) in [6.07, 6.45) is 5.23. The Balaban J connectivity index is 1.36. The van der Waals surface area contributed by atoms with Crippen LogP contribution in [0.1, 0.15) is 30.0 Å². The summed E-state index contributed by atoms with van der Waals surface area (Å²) in [5.41, 5.74) is 7.31. The molecule has 0 aliphatic carbocycles. The Morgan fingerprint density at radius 3 is 2.82 bits per heavy atom. The number of oxime groups is 1. The Morgan fingerprint density at radius 2 is 2.15 bits per heavy atom. The molecule has 5 rings (SSSR count). The van der Waals surface area contributed by atoms with E-state index in [2.05, 4.69) is 15.5 Å². The number of hydrogen-bond acceptors (Lipinski definition) is 11. The molecule has 3 aromatic heterocycles. The highest BCUT2D eigenvalue weighted by molar-refractivity contribution is 8.00. The van der Waals surface area contributed by atoms with Crippen molar-refractivity contribution in [3.05, 3.63) is 58.8 Å². The van der Waals surface area contributed by atoms with Crippen molar-refractivity contribution in [2.75, 3.05) is 18.1 Å². The van der Waals surface area contributed by atoms with Crippen molar-refractivity contribution in [1.82, 2.24) is 19.6 Å². The van der Waals surface area contributed by atoms with Crippen LogP contribution >= 0.6 is 23.1 Å². The average molecular weight is 570 g/mol. The number of β-lactam (4-membered cyclic amide) rings is 1. The monoisotopic (exact) mass is 569 g/mol. The first-order valence-electron chi connectivity index (χ1n) is 11.8. The third kappa shape index (κ3) is 4.85. The van der Waals surface area contributed by atoms with Crippen LogP contribution in [0.5, 0.6) is 0 Å². The summed E-state index contributed by atoms with van der Waals surface area (Å²) in [5.74, 6) is -2.53. The van der Waals surface area contributed by atoms with E-state index in [0.717, 1.165) is 21.8 Å². The number of thioether (sulfide) groups is 1. The predicted octanol–water partition coefficient (Wildman–Crippen LogP) is -0.687. The van der Waals surface area contributed by atoms with Crippen LogP contribution in [-0.2, 0) is 25.8 Å². The van der Waals surface area contributed by atoms with Crippen molar-refractivity contribution < 1.29 is 33.7 Å². The van der Waals surface area contributed by atoms with Gasteiger partial charge in [-0.05, 0) is 19.1 Å². The average Bonchev–Trinajstić information content (AvgIpc) is 3.53. The highest BCUT2D eigenvalue weighted by atomic mass is 32.2. The van der Waals surface area contributed by atoms with Gasteiger partial charge in [-0.3, -0.25) is 19.3 Å². The normalized spacial score (nSPS) is 19.1. The quantitative estimate of drug-likeness (QED) is 0.111. The molecular weight excluding hydrogens is 546 g/mol. The second kappa shape index (κ2) is 10.5. The Hall–Kier alpha value is -4.24. The number of fused-ring (bicyclic) bond motifs is 2. The minimum Gasteiger partial charge on any atom is -0.543 e. The van der Waals surface area contributed by atoms with Crippen molar-refractivity contribution in [3.63, 3.8) is 0 Å². The summed E-state index contributed by atoms with van der Waals surface area (Å²) >= 11 is 2.45. The minimum atomic E-state index is -1.48. The van der Waals surface area contributed by atoms with E-state index < -0.39 is 29.2 Å². The molecule has 2 aliphatic heterocycles. The fourth-order valence-electron chi connectivity index (χ4n) is 4.44. The standard InChI is InChI=1S/C24H23N7O6S2/c1-3-37-28-17(15-11-39-24(25)26-15)20(33)27-18-21(34)31-19(23(35)36)13(10-38-22(18)31)8-29-6-7-30-14(9-29)4-5-16(30)12(2)32/h4-7,9,11,18,22H,3,8,10H2,1-2H3,(H3-,25,26,27,33,35,36)/b28-17-/t18-,22+/m1/s1. The van der Waals surface area contributed by atoms with E-state index in [4.69, 9.17) is 10.6 Å². The van der Waals surface area contributed by atoms with Gasteiger partial charge < -0.3 is 30.2 Å². The van der Waals surface area contributed by atoms with Crippen LogP contribution in [0, 0.1) is 0 Å². The third-order valence-corrected chi connectivity index (χ3v) is 8.19. The number of amides is 2. The summed E-state index contributed by atoms with van der Waals surface area (Å²) in [7, 11) is 0. The topological polar surface area (TPSA) is 175 Å². The Kier molecular flexibility index (Phi) is 7.10. The first-order chi connectivity index (χ1) is 18.7. The maximum absolute atomic E-state index is 13.1. The lowest BCUT2D eigenvalue weighted by atomic mass is 10.0. The van der Waals surface area contributed by atoms with Crippen LogP contribution in [0.2, 0.25) is 0 Å². The second-order valence-corrected chi connectivity index (χ2v) is 10.7. The molecule has 15 heteroatoms. The van der Waals surface area contributed by atoms with Gasteiger partial charge in [-0.15, -0.1) is 23.1 Å². The van der Waals surface area contributed by atoms with E-state index in [1.54, 1.807) is 52.0 Å². The van der Waals surface area contributed by atoms with Gasteiger partial charge in [0.2, 0.25) is 0 Å². The fraction of sp³-hybridized carbons (Fsp3) is 0.292. The number of rotatable bonds is 9. The lowest BCUT2D eigenvalue weighted by Gasteiger charge is -2.50. The van der Waals surface area contributed by atoms with Gasteiger partial charge in [-0.1, -0.05) is 5.16 Å². The summed E-state index contributed by atoms with van der Waals surface area (Å²) in [4.78, 5) is 60.3. The lowest BCUT2D eigenvalue weighted by molar-refractivity contribution is -0.688. The molecule has 0 unspecified atom stereocenters. The van der Waals surface area contributed by atoms with Crippen LogP contribution < -0.4 is 20.7 Å². The molecule has 0 aromatic carbocycles. The number of carbonyl (C=O) groups excluding carboxylic acids is 4. The number of nitrogen functional groups attached to an aromatic ring is 1. The fourth-order valence-corrected chi connectivity index (χ4v) is 6.32. The summed E-state index contributed by atoms with van der Waals surface area (Å²) < 4.78 is 3.52. The van der Waals surface area contributed by atoms with E-state index >= 15 is 0 Å². The second-order valence-electron chi connectivity index (χ2n) is 8.70. The van der Waals surface area contributed by atoms with E-state index in [0.29, 0.717) is 17.0 Å². The SMILES string of the molecule is CCO/N=C(\C(=O)N[C@@H]1C(=O)N2C(C(=O)[O-])=C(C[n+]3ccn4c(C(C)=O)ccc4c3)CS[C@@H]12)c1csc(N)n1. The number of aromatic nitrogens is 3. The molecule has 2 amide bonds. The number of carboxylic acid groups (broad SMARTS) is 1. The first kappa shape index (κ1) is 26.4. The molecule has 5 heterocycles. The molecule has 0 saturated carbocycles. The number of hydrogen-bond donors (Lipinski definition) is 2. The molecular formula is C24H23N7O6S2. The Bertz CT molecular complexity index is 1580. The van der Waals surface area contributed by atoms with Crippen molar-refractivity contribution >= 4 is 63.0 Å². The third-order valence-electron chi connectivity index (χ3n) is 6.18. The van der Waals surface area contributed by atoms with Gasteiger partial charge in [0.25, 0.3) is 11.8 Å². The highest BCUT2D eigenvalue weighted by Gasteiger charge is 2.53. The maximum Gasteiger partial charge on any atom is 0.276 e. The Labute approximate surface area is 229 Å². The number of ketones is 1. The van der Waals surface area contributed by atoms with Crippen molar-refractivity contribution in [2.24, 2.45) is 5.16 Å². The first-order valence-corrected chi connectivity index (χ1v) is 13.7. The zero-order chi connectivity index (χ0) is 27.8. The van der Waals surface area contributed by atoms with E-state index in [1.807, 2.05) is 0 Å². The number of Topliss-reactive ketones (excluding diaryl/α,β-unsaturated/α-hetero) is 1. The highest BCUT2D eigenvalue weighted by Crippen LogP contribution is 2.40. The largest absolute Gasteiger partial charge is 0.543 e. The minimum absolute atomic E-state index is 0.0747. The molecule has 13 nitrogen and oxygen atoms in total. The van der Waals surface area contributed by atoms with Gasteiger partial charge in [0.05, 0.1) is 23.6 Å². The molecule has 3 N–H and O–H groups in total. The van der Waals surface area contributed by atoms with Gasteiger partial charge in [-0.2, -0.15) is 4.57 Å². The molecule has 1 saturated heterocycles. The summed E-state index contributed by atoms with van der Waals surface area (Å²) in [6.45, 7) is 3.58. The van der Waals surface area contributed by atoms with E-state index in [-0.39, 0.29) is 41.2 Å². The number of nitrogens with two attached hydrogens (primary N) is 1. The van der Waals surface area contributed by atoms with E-state index in [1.165, 1.54) is 18.7 Å². The Morgan fingerprint density at radius 1 is 1.36 bits per heavy atom. The molecule has 202 valence electrons. The zero-order valence-electron chi connectivity index (χ0n) is 20.8. The van der Waals surface area contributed by atoms with Crippen LogP contribution in [-0.4, -0.2) is 67.3 Å². The number of nitrogens with zero attached hydrogens (tertiary/aromatic N) is 5. The molecule has 2 aliphatic rings. The molecule has 0 spiro atoms. The zero-order valence-corrected chi connectivity index (χ0v) is 22.5. The number of carbonyl (C=O) groups is 4. The van der Waals surface area contributed by atoms with Crippen LogP contribution in [0.25, 0.3) is 5.52 Å². The van der Waals surface area contributed by atoms with Crippen LogP contribution in [0.4, 0.5) is 5.13 Å². The van der Waals surface area contributed by atoms with Gasteiger partial charge in [0.1, 0.15) is 29.2 Å². The van der Waals surface area contributed by atoms with E-state index in [9.17, 15) is 24.3 Å². The van der Waals surface area contributed by atoms with Gasteiger partial charge in [-0.25, -0.2) is 4.98 Å². The summed E-state index contributed by atoms with van der Waals surface area (Å²) in [6, 6.07) is 2.54. The molecule has 2 atom stereocenters. The van der Waals surface area contributed by atoms with Gasteiger partial charge >= 0.3 is 0 Å². The summed E-state index contributed by atoms with van der Waals surface area (Å²) in [5, 5.41) is 19.8. The molecule has 0 radical (unpaired) electrons. The number of thiazole rings is 1. The van der Waals surface area contributed by atoms with Gasteiger partial charge in [0.15, 0.2) is 35.6 Å². The van der Waals surface area contributed by atoms with Crippen molar-refractivity contribution in [1.29, 1.82) is 0 Å². The van der Waals surface area contributed by atoms with Gasteiger partial charge in [0, 0.05) is 23.6 Å². The number of anilines is 1. The molecule has 0 bridgehead atoms.